The van der Waals surface area contributed by atoms with Crippen LogP contribution in [0.5, 0.6) is 0 Å². The van der Waals surface area contributed by atoms with Gasteiger partial charge < -0.3 is 9.73 Å². The van der Waals surface area contributed by atoms with Crippen molar-refractivity contribution >= 4 is 0 Å². The van der Waals surface area contributed by atoms with E-state index in [9.17, 15) is 0 Å². The van der Waals surface area contributed by atoms with Gasteiger partial charge in [-0.25, -0.2) is 0 Å². The summed E-state index contributed by atoms with van der Waals surface area (Å²) < 4.78 is 5.63. The Bertz CT molecular complexity index is 495. The lowest BCUT2D eigenvalue weighted by Crippen LogP contribution is -2.22. The van der Waals surface area contributed by atoms with Crippen molar-refractivity contribution < 1.29 is 4.42 Å². The van der Waals surface area contributed by atoms with Crippen molar-refractivity contribution in [3.05, 3.63) is 53.7 Å². The molecule has 2 heterocycles. The summed E-state index contributed by atoms with van der Waals surface area (Å²) in [5, 5.41) is 3.30. The standard InChI is InChI=1S/C16H23N3O/c1-3-17-10-14-9-16(20-13-14)12-19(4-2)11-15-7-5-6-8-18-15/h5-9,13,17H,3-4,10-12H2,1-2H3. The van der Waals surface area contributed by atoms with Gasteiger partial charge in [-0.2, -0.15) is 0 Å². The fourth-order valence-electron chi connectivity index (χ4n) is 2.09. The van der Waals surface area contributed by atoms with E-state index in [0.29, 0.717) is 0 Å². The minimum absolute atomic E-state index is 0.819. The number of nitrogens with zero attached hydrogens (tertiary/aromatic N) is 2. The topological polar surface area (TPSA) is 41.3 Å². The normalized spacial score (nSPS) is 11.2. The molecule has 0 spiro atoms. The van der Waals surface area contributed by atoms with Gasteiger partial charge in [-0.3, -0.25) is 9.88 Å². The van der Waals surface area contributed by atoms with Gasteiger partial charge in [0.05, 0.1) is 18.5 Å². The van der Waals surface area contributed by atoms with E-state index in [-0.39, 0.29) is 0 Å². The first kappa shape index (κ1) is 14.8. The molecule has 0 unspecified atom stereocenters. The second-order valence-corrected chi connectivity index (χ2v) is 4.83. The molecule has 2 rings (SSSR count). The maximum atomic E-state index is 5.63. The van der Waals surface area contributed by atoms with E-state index in [4.69, 9.17) is 4.42 Å². The smallest absolute Gasteiger partial charge is 0.118 e. The number of aromatic nitrogens is 1. The molecule has 1 N–H and O–H groups in total. The van der Waals surface area contributed by atoms with E-state index in [1.807, 2.05) is 24.6 Å². The molecule has 2 aromatic heterocycles. The molecule has 0 amide bonds. The molecule has 0 saturated carbocycles. The summed E-state index contributed by atoms with van der Waals surface area (Å²) in [4.78, 5) is 6.69. The quantitative estimate of drug-likeness (QED) is 0.803. The highest BCUT2D eigenvalue weighted by Crippen LogP contribution is 2.12. The number of hydrogen-bond acceptors (Lipinski definition) is 4. The average molecular weight is 273 g/mol. The number of furan rings is 1. The summed E-state index contributed by atoms with van der Waals surface area (Å²) in [5.41, 5.74) is 2.30. The van der Waals surface area contributed by atoms with Crippen molar-refractivity contribution in [3.63, 3.8) is 0 Å². The monoisotopic (exact) mass is 273 g/mol. The lowest BCUT2D eigenvalue weighted by atomic mass is 10.2. The van der Waals surface area contributed by atoms with Gasteiger partial charge in [0.1, 0.15) is 5.76 Å². The van der Waals surface area contributed by atoms with E-state index in [2.05, 4.69) is 41.2 Å². The SMILES string of the molecule is CCNCc1coc(CN(CC)Cc2ccccn2)c1. The molecule has 0 aliphatic heterocycles. The van der Waals surface area contributed by atoms with Crippen molar-refractivity contribution in [3.8, 4) is 0 Å². The van der Waals surface area contributed by atoms with Crippen LogP contribution in [-0.2, 0) is 19.6 Å². The van der Waals surface area contributed by atoms with Crippen molar-refractivity contribution in [2.45, 2.75) is 33.5 Å². The first-order chi connectivity index (χ1) is 9.81. The van der Waals surface area contributed by atoms with Crippen LogP contribution in [0, 0.1) is 0 Å². The average Bonchev–Trinajstić information content (AvgIpc) is 2.93. The Morgan fingerprint density at radius 3 is 2.85 bits per heavy atom. The first-order valence-electron chi connectivity index (χ1n) is 7.21. The third-order valence-electron chi connectivity index (χ3n) is 3.23. The van der Waals surface area contributed by atoms with Gasteiger partial charge in [0, 0.05) is 24.8 Å². The van der Waals surface area contributed by atoms with Gasteiger partial charge in [0.15, 0.2) is 0 Å². The van der Waals surface area contributed by atoms with Crippen molar-refractivity contribution in [1.82, 2.24) is 15.2 Å². The highest BCUT2D eigenvalue weighted by Gasteiger charge is 2.09. The van der Waals surface area contributed by atoms with Crippen molar-refractivity contribution in [2.24, 2.45) is 0 Å². The first-order valence-corrected chi connectivity index (χ1v) is 7.21. The van der Waals surface area contributed by atoms with E-state index < -0.39 is 0 Å². The van der Waals surface area contributed by atoms with Crippen molar-refractivity contribution in [2.75, 3.05) is 13.1 Å². The molecular weight excluding hydrogens is 250 g/mol. The van der Waals surface area contributed by atoms with Gasteiger partial charge in [-0.15, -0.1) is 0 Å². The fraction of sp³-hybridized carbons (Fsp3) is 0.438. The van der Waals surface area contributed by atoms with Crippen LogP contribution in [0.4, 0.5) is 0 Å². The van der Waals surface area contributed by atoms with E-state index in [1.54, 1.807) is 0 Å². The second kappa shape index (κ2) is 7.82. The van der Waals surface area contributed by atoms with Crippen LogP contribution < -0.4 is 5.32 Å². The highest BCUT2D eigenvalue weighted by atomic mass is 16.3. The maximum absolute atomic E-state index is 5.63. The van der Waals surface area contributed by atoms with Gasteiger partial charge in [-0.05, 0) is 31.3 Å². The molecule has 0 radical (unpaired) electrons. The number of hydrogen-bond donors (Lipinski definition) is 1. The van der Waals surface area contributed by atoms with E-state index in [0.717, 1.165) is 44.2 Å². The van der Waals surface area contributed by atoms with Crippen LogP contribution in [0.25, 0.3) is 0 Å². The molecule has 4 nitrogen and oxygen atoms in total. The molecule has 0 saturated heterocycles. The summed E-state index contributed by atoms with van der Waals surface area (Å²) in [5.74, 6) is 1.01. The van der Waals surface area contributed by atoms with Crippen molar-refractivity contribution in [1.29, 1.82) is 0 Å². The molecule has 0 fully saturated rings. The second-order valence-electron chi connectivity index (χ2n) is 4.83. The predicted octanol–water partition coefficient (Wildman–Crippen LogP) is 2.81. The zero-order chi connectivity index (χ0) is 14.2. The Kier molecular flexibility index (Phi) is 5.77. The van der Waals surface area contributed by atoms with E-state index >= 15 is 0 Å². The minimum atomic E-state index is 0.819. The van der Waals surface area contributed by atoms with Crippen LogP contribution in [0.3, 0.4) is 0 Å². The summed E-state index contributed by atoms with van der Waals surface area (Å²) in [6.07, 6.45) is 3.68. The molecule has 0 aliphatic carbocycles. The predicted molar refractivity (Wildman–Crippen MR) is 80.1 cm³/mol. The Labute approximate surface area is 120 Å². The molecule has 0 aromatic carbocycles. The van der Waals surface area contributed by atoms with Gasteiger partial charge in [0.2, 0.25) is 0 Å². The maximum Gasteiger partial charge on any atom is 0.118 e. The fourth-order valence-corrected chi connectivity index (χ4v) is 2.09. The molecule has 20 heavy (non-hydrogen) atoms. The number of rotatable bonds is 8. The van der Waals surface area contributed by atoms with Crippen LogP contribution in [-0.4, -0.2) is 23.0 Å². The number of nitrogens with one attached hydrogen (secondary N) is 1. The molecule has 0 bridgehead atoms. The molecule has 0 aliphatic rings. The summed E-state index contributed by atoms with van der Waals surface area (Å²) >= 11 is 0. The Morgan fingerprint density at radius 1 is 1.25 bits per heavy atom. The van der Waals surface area contributed by atoms with Crippen LogP contribution >= 0.6 is 0 Å². The van der Waals surface area contributed by atoms with E-state index in [1.165, 1.54) is 5.56 Å². The molecule has 4 heteroatoms. The third kappa shape index (κ3) is 4.47. The lowest BCUT2D eigenvalue weighted by molar-refractivity contribution is 0.245. The Morgan fingerprint density at radius 2 is 2.15 bits per heavy atom. The summed E-state index contributed by atoms with van der Waals surface area (Å²) in [7, 11) is 0. The molecular formula is C16H23N3O. The Balaban J connectivity index is 1.91. The third-order valence-corrected chi connectivity index (χ3v) is 3.23. The largest absolute Gasteiger partial charge is 0.468 e. The molecule has 2 aromatic rings. The van der Waals surface area contributed by atoms with Crippen LogP contribution in [0.2, 0.25) is 0 Å². The zero-order valence-corrected chi connectivity index (χ0v) is 12.3. The lowest BCUT2D eigenvalue weighted by Gasteiger charge is -2.18. The molecule has 108 valence electrons. The summed E-state index contributed by atoms with van der Waals surface area (Å²) in [6, 6.07) is 8.15. The summed E-state index contributed by atoms with van der Waals surface area (Å²) in [6.45, 7) is 8.74. The highest BCUT2D eigenvalue weighted by molar-refractivity contribution is 5.13. The minimum Gasteiger partial charge on any atom is -0.468 e. The van der Waals surface area contributed by atoms with Crippen LogP contribution in [0.1, 0.15) is 30.9 Å². The van der Waals surface area contributed by atoms with Gasteiger partial charge in [0.25, 0.3) is 0 Å². The molecule has 0 atom stereocenters. The van der Waals surface area contributed by atoms with Crippen LogP contribution in [0.15, 0.2) is 41.1 Å². The van der Waals surface area contributed by atoms with Gasteiger partial charge >= 0.3 is 0 Å². The number of pyridine rings is 1. The zero-order valence-electron chi connectivity index (χ0n) is 12.3. The van der Waals surface area contributed by atoms with Gasteiger partial charge in [-0.1, -0.05) is 19.9 Å². The Hall–Kier alpha value is -1.65.